The average Bonchev–Trinajstić information content (AvgIpc) is 3.36. The fourth-order valence-corrected chi connectivity index (χ4v) is 7.73. The van der Waals surface area contributed by atoms with E-state index in [1.165, 1.54) is 31.5 Å². The van der Waals surface area contributed by atoms with E-state index in [1.54, 1.807) is 13.8 Å². The number of nitrogens with two attached hydrogens (primary N) is 1. The van der Waals surface area contributed by atoms with Crippen LogP contribution in [0.2, 0.25) is 0 Å². The maximum Gasteiger partial charge on any atom is 0.326 e. The molecule has 0 saturated heterocycles. The minimum Gasteiger partial charge on any atom is -0.481 e. The van der Waals surface area contributed by atoms with Gasteiger partial charge in [0.25, 0.3) is 0 Å². The van der Waals surface area contributed by atoms with Crippen LogP contribution in [0.5, 0.6) is 0 Å². The van der Waals surface area contributed by atoms with Gasteiger partial charge in [0.15, 0.2) is 0 Å². The highest BCUT2D eigenvalue weighted by atomic mass is 32.2. The standard InChI is InChI=1S/C47H82N4O17S.C4H9NO.CH4/c1-2-36(40(54)30-37(31-52)46(61)62)34-69-35-44(58)49-22-21-48-42(56)32-68-29-27-66-25-23-50-43(57)33-67-28-26-65-24-15-16-38(53)19-20-39(47(63)64)51-41(55)17-13-11-9-7-5-3-4-6-8-10-12-14-18-45(59)60;1-3(5)4(2)6;/h36-37,39,52H,2-35H2,1H3,(H,48,56)(H,49,58)(H,50,57)(H,51,55)(H,59,60)(H,61,62)(H,63,64);3H,5H2,1-2H3;1H4/t36-,37-,39-;3-;/m00./s1. The lowest BCUT2D eigenvalue weighted by molar-refractivity contribution is -0.145. The zero-order valence-corrected chi connectivity index (χ0v) is 45.7. The number of rotatable bonds is 51. The lowest BCUT2D eigenvalue weighted by Crippen LogP contribution is -2.41. The Kier molecular flexibility index (Phi) is 52.2. The molecule has 0 spiro atoms. The zero-order valence-electron chi connectivity index (χ0n) is 44.8. The van der Waals surface area contributed by atoms with Gasteiger partial charge in [-0.05, 0) is 46.0 Å². The molecule has 0 rings (SSSR count). The number of nitrogens with one attached hydrogen (secondary N) is 4. The number of unbranched alkanes of at least 4 members (excludes halogenated alkanes) is 11. The number of thioether (sulfide) groups is 1. The number of carbonyl (C=O) groups is 10. The molecule has 0 aliphatic heterocycles. The molecule has 0 aromatic heterocycles. The van der Waals surface area contributed by atoms with Gasteiger partial charge in [0.05, 0.1) is 57.4 Å². The third-order valence-corrected chi connectivity index (χ3v) is 12.4. The van der Waals surface area contributed by atoms with E-state index in [2.05, 4.69) is 21.3 Å². The van der Waals surface area contributed by atoms with Crippen LogP contribution >= 0.6 is 11.8 Å². The van der Waals surface area contributed by atoms with Gasteiger partial charge < -0.3 is 66.4 Å². The van der Waals surface area contributed by atoms with Crippen molar-refractivity contribution in [3.8, 4) is 0 Å². The first kappa shape index (κ1) is 75.6. The molecule has 0 aromatic carbocycles. The predicted molar refractivity (Wildman–Crippen MR) is 288 cm³/mol. The molecular weight excluding hydrogens is 1010 g/mol. The second-order valence-corrected chi connectivity index (χ2v) is 19.1. The van der Waals surface area contributed by atoms with Crippen molar-refractivity contribution in [2.45, 2.75) is 169 Å². The summed E-state index contributed by atoms with van der Waals surface area (Å²) in [5.74, 6) is -5.95. The smallest absolute Gasteiger partial charge is 0.326 e. The molecule has 24 heteroatoms. The van der Waals surface area contributed by atoms with Crippen LogP contribution in [-0.4, -0.2) is 182 Å². The quantitative estimate of drug-likeness (QED) is 0.0393. The van der Waals surface area contributed by atoms with Crippen LogP contribution in [0.25, 0.3) is 0 Å². The van der Waals surface area contributed by atoms with Crippen LogP contribution in [0.4, 0.5) is 0 Å². The zero-order chi connectivity index (χ0) is 56.5. The van der Waals surface area contributed by atoms with Gasteiger partial charge in [0.2, 0.25) is 23.6 Å². The lowest BCUT2D eigenvalue weighted by atomic mass is 9.94. The minimum absolute atomic E-state index is 0. The first-order valence-corrected chi connectivity index (χ1v) is 27.6. The van der Waals surface area contributed by atoms with E-state index in [9.17, 15) is 53.1 Å². The molecule has 0 heterocycles. The molecule has 0 saturated carbocycles. The van der Waals surface area contributed by atoms with Gasteiger partial charge in [-0.25, -0.2) is 4.79 Å². The number of aliphatic hydroxyl groups excluding tert-OH is 1. The summed E-state index contributed by atoms with van der Waals surface area (Å²) < 4.78 is 21.4. The van der Waals surface area contributed by atoms with E-state index in [-0.39, 0.29) is 171 Å². The largest absolute Gasteiger partial charge is 0.481 e. The number of carboxylic acid groups (broad SMARTS) is 3. The summed E-state index contributed by atoms with van der Waals surface area (Å²) in [4.78, 5) is 116. The summed E-state index contributed by atoms with van der Waals surface area (Å²) in [6.45, 7) is 5.74. The highest BCUT2D eigenvalue weighted by molar-refractivity contribution is 7.99. The molecule has 0 fully saturated rings. The summed E-state index contributed by atoms with van der Waals surface area (Å²) in [6.07, 6.45) is 13.6. The molecule has 0 aliphatic rings. The van der Waals surface area contributed by atoms with Crippen LogP contribution < -0.4 is 27.0 Å². The Labute approximate surface area is 454 Å². The summed E-state index contributed by atoms with van der Waals surface area (Å²) >= 11 is 1.24. The lowest BCUT2D eigenvalue weighted by Gasteiger charge is -2.15. The Hall–Kier alpha value is -4.59. The van der Waals surface area contributed by atoms with Crippen molar-refractivity contribution >= 4 is 70.6 Å². The third kappa shape index (κ3) is 50.2. The van der Waals surface area contributed by atoms with Crippen molar-refractivity contribution in [2.24, 2.45) is 17.6 Å². The van der Waals surface area contributed by atoms with E-state index in [4.69, 9.17) is 40.0 Å². The second-order valence-electron chi connectivity index (χ2n) is 18.1. The van der Waals surface area contributed by atoms with Crippen molar-refractivity contribution in [2.75, 3.05) is 90.6 Å². The molecule has 10 N–H and O–H groups in total. The molecule has 0 aromatic rings. The molecule has 0 unspecified atom stereocenters. The highest BCUT2D eigenvalue weighted by Gasteiger charge is 2.25. The number of ether oxygens (including phenoxy) is 4. The van der Waals surface area contributed by atoms with Crippen molar-refractivity contribution in [1.29, 1.82) is 0 Å². The molecule has 442 valence electrons. The van der Waals surface area contributed by atoms with Gasteiger partial charge in [0.1, 0.15) is 36.6 Å². The van der Waals surface area contributed by atoms with E-state index in [0.29, 0.717) is 25.0 Å². The third-order valence-electron chi connectivity index (χ3n) is 11.3. The molecular formula is C52H95N5O18S. The molecule has 0 aliphatic carbocycles. The Morgan fingerprint density at radius 2 is 1.03 bits per heavy atom. The summed E-state index contributed by atoms with van der Waals surface area (Å²) in [7, 11) is 0. The van der Waals surface area contributed by atoms with Gasteiger partial charge in [-0.3, -0.25) is 43.2 Å². The molecule has 0 radical (unpaired) electrons. The van der Waals surface area contributed by atoms with Crippen LogP contribution in [0.1, 0.15) is 157 Å². The van der Waals surface area contributed by atoms with Crippen molar-refractivity contribution in [1.82, 2.24) is 21.3 Å². The summed E-state index contributed by atoms with van der Waals surface area (Å²) in [5, 5.41) is 46.8. The minimum atomic E-state index is -1.23. The number of carbonyl (C=O) groups excluding carboxylic acids is 7. The van der Waals surface area contributed by atoms with Crippen LogP contribution in [0, 0.1) is 11.8 Å². The molecule has 0 bridgehead atoms. The van der Waals surface area contributed by atoms with Crippen molar-refractivity contribution < 1.29 is 87.3 Å². The Morgan fingerprint density at radius 3 is 1.50 bits per heavy atom. The maximum absolute atomic E-state index is 12.3. The Bertz CT molecular complexity index is 1620. The normalized spacial score (nSPS) is 12.3. The number of carboxylic acids is 3. The second kappa shape index (κ2) is 52.5. The van der Waals surface area contributed by atoms with Crippen molar-refractivity contribution in [3.63, 3.8) is 0 Å². The maximum atomic E-state index is 12.3. The highest BCUT2D eigenvalue weighted by Crippen LogP contribution is 2.18. The molecule has 4 amide bonds. The number of ketones is 3. The fraction of sp³-hybridized carbons (Fsp3) is 0.808. The summed E-state index contributed by atoms with van der Waals surface area (Å²) in [5.41, 5.74) is 5.09. The van der Waals surface area contributed by atoms with E-state index >= 15 is 0 Å². The van der Waals surface area contributed by atoms with E-state index in [0.717, 1.165) is 57.8 Å². The van der Waals surface area contributed by atoms with Gasteiger partial charge in [0, 0.05) is 70.0 Å². The van der Waals surface area contributed by atoms with E-state index in [1.807, 2.05) is 0 Å². The topological polar surface area (TPSA) is 363 Å². The summed E-state index contributed by atoms with van der Waals surface area (Å²) in [6, 6.07) is -1.41. The van der Waals surface area contributed by atoms with Crippen LogP contribution in [0.3, 0.4) is 0 Å². The van der Waals surface area contributed by atoms with Gasteiger partial charge in [-0.1, -0.05) is 78.6 Å². The van der Waals surface area contributed by atoms with Crippen LogP contribution in [-0.2, 0) is 66.9 Å². The fourth-order valence-electron chi connectivity index (χ4n) is 6.62. The van der Waals surface area contributed by atoms with Gasteiger partial charge in [-0.15, -0.1) is 0 Å². The van der Waals surface area contributed by atoms with Crippen LogP contribution in [0.15, 0.2) is 0 Å². The Morgan fingerprint density at radius 1 is 0.553 bits per heavy atom. The average molecular weight is 1110 g/mol. The first-order valence-electron chi connectivity index (χ1n) is 26.4. The first-order chi connectivity index (χ1) is 35.8. The number of Topliss-reactive ketones (excluding diaryl/α,β-unsaturated/α-hetero) is 3. The number of hydrogen-bond donors (Lipinski definition) is 9. The number of hydrogen-bond acceptors (Lipinski definition) is 17. The van der Waals surface area contributed by atoms with E-state index < -0.39 is 42.4 Å². The number of aliphatic carboxylic acids is 3. The number of aliphatic hydroxyl groups is 1. The molecule has 4 atom stereocenters. The Balaban J connectivity index is -0.00000714. The van der Waals surface area contributed by atoms with Crippen molar-refractivity contribution in [3.05, 3.63) is 0 Å². The SMILES string of the molecule is C.CC(=O)[C@H](C)N.CC[C@@H](CSCC(=O)NCCNC(=O)COCCOCCNC(=O)COCCOCCCC(=O)CC[C@H](NC(=O)CCCCCCCCCCCCCCC(=O)O)C(=O)O)C(=O)C[C@@H](CO)C(=O)O. The predicted octanol–water partition coefficient (Wildman–Crippen LogP) is 3.62. The molecule has 76 heavy (non-hydrogen) atoms. The van der Waals surface area contributed by atoms with Gasteiger partial charge in [-0.2, -0.15) is 11.8 Å². The molecule has 23 nitrogen and oxygen atoms in total. The monoisotopic (exact) mass is 1110 g/mol. The van der Waals surface area contributed by atoms with Gasteiger partial charge >= 0.3 is 17.9 Å². The number of amides is 4.